The first kappa shape index (κ1) is 13.9. The Morgan fingerprint density at radius 1 is 1.47 bits per heavy atom. The van der Waals surface area contributed by atoms with Crippen LogP contribution in [0, 0.1) is 0 Å². The van der Waals surface area contributed by atoms with Crippen LogP contribution in [-0.2, 0) is 25.9 Å². The Hall–Kier alpha value is -1.53. The molecule has 0 aromatic carbocycles. The Balaban J connectivity index is 2.16. The van der Waals surface area contributed by atoms with Crippen LogP contribution in [0.4, 0.5) is 0 Å². The number of carbonyl (C=O) groups excluding carboxylic acids is 1. The zero-order valence-electron chi connectivity index (χ0n) is 11.2. The van der Waals surface area contributed by atoms with Crippen LogP contribution in [-0.4, -0.2) is 20.5 Å². The Labute approximate surface area is 116 Å². The summed E-state index contributed by atoms with van der Waals surface area (Å²) in [5.74, 6) is 0.0215. The summed E-state index contributed by atoms with van der Waals surface area (Å²) in [6.45, 7) is 5.23. The van der Waals surface area contributed by atoms with E-state index in [9.17, 15) is 4.79 Å². The monoisotopic (exact) mass is 278 g/mol. The van der Waals surface area contributed by atoms with Crippen LogP contribution in [0.1, 0.15) is 40.7 Å². The molecule has 0 saturated heterocycles. The van der Waals surface area contributed by atoms with Gasteiger partial charge in [0, 0.05) is 24.2 Å². The molecule has 2 aromatic rings. The molecular formula is C13H18N4OS. The highest BCUT2D eigenvalue weighted by Crippen LogP contribution is 2.13. The Bertz CT molecular complexity index is 573. The van der Waals surface area contributed by atoms with Crippen LogP contribution < -0.4 is 5.73 Å². The van der Waals surface area contributed by atoms with E-state index in [0.717, 1.165) is 29.4 Å². The number of thiazole rings is 1. The van der Waals surface area contributed by atoms with Crippen LogP contribution >= 0.6 is 11.3 Å². The molecule has 0 saturated carbocycles. The molecule has 0 aliphatic carbocycles. The number of ketones is 1. The molecule has 0 radical (unpaired) electrons. The minimum Gasteiger partial charge on any atom is -0.325 e. The molecule has 0 amide bonds. The molecule has 0 aliphatic heterocycles. The number of hydrogen-bond acceptors (Lipinski definition) is 5. The van der Waals surface area contributed by atoms with Gasteiger partial charge in [0.2, 0.25) is 0 Å². The number of hydrogen-bond donors (Lipinski definition) is 1. The third-order valence-electron chi connectivity index (χ3n) is 2.93. The number of aromatic nitrogens is 3. The number of rotatable bonds is 6. The molecule has 2 heterocycles. The predicted octanol–water partition coefficient (Wildman–Crippen LogP) is 1.81. The van der Waals surface area contributed by atoms with Gasteiger partial charge in [0.1, 0.15) is 10.7 Å². The third kappa shape index (κ3) is 3.08. The topological polar surface area (TPSA) is 73.8 Å². The summed E-state index contributed by atoms with van der Waals surface area (Å²) < 4.78 is 1.88. The number of carbonyl (C=O) groups is 1. The van der Waals surface area contributed by atoms with Crippen molar-refractivity contribution in [3.63, 3.8) is 0 Å². The van der Waals surface area contributed by atoms with Crippen molar-refractivity contribution >= 4 is 17.1 Å². The van der Waals surface area contributed by atoms with Crippen LogP contribution in [0.25, 0.3) is 0 Å². The van der Waals surface area contributed by atoms with E-state index >= 15 is 0 Å². The highest BCUT2D eigenvalue weighted by Gasteiger charge is 2.14. The smallest absolute Gasteiger partial charge is 0.187 e. The molecule has 0 bridgehead atoms. The van der Waals surface area contributed by atoms with Gasteiger partial charge in [-0.1, -0.05) is 6.92 Å². The summed E-state index contributed by atoms with van der Waals surface area (Å²) in [5, 5.41) is 7.01. The molecule has 0 spiro atoms. The van der Waals surface area contributed by atoms with E-state index in [1.165, 1.54) is 11.3 Å². The Morgan fingerprint density at radius 3 is 2.84 bits per heavy atom. The van der Waals surface area contributed by atoms with Gasteiger partial charge < -0.3 is 5.73 Å². The second-order valence-corrected chi connectivity index (χ2v) is 5.17. The number of nitrogens with zero attached hydrogens (tertiary/aromatic N) is 3. The lowest BCUT2D eigenvalue weighted by Crippen LogP contribution is -2.10. The second-order valence-electron chi connectivity index (χ2n) is 4.23. The van der Waals surface area contributed by atoms with Crippen molar-refractivity contribution in [2.75, 3.05) is 0 Å². The second kappa shape index (κ2) is 6.08. The lowest BCUT2D eigenvalue weighted by Gasteiger charge is -2.02. The fraction of sp³-hybridized carbons (Fsp3) is 0.462. The lowest BCUT2D eigenvalue weighted by atomic mass is 10.1. The molecular weight excluding hydrogens is 260 g/mol. The van der Waals surface area contributed by atoms with E-state index in [4.69, 9.17) is 5.73 Å². The summed E-state index contributed by atoms with van der Waals surface area (Å²) in [6, 6.07) is 2.00. The van der Waals surface area contributed by atoms with Gasteiger partial charge in [-0.3, -0.25) is 9.48 Å². The molecule has 0 unspecified atom stereocenters. The maximum Gasteiger partial charge on any atom is 0.187 e. The lowest BCUT2D eigenvalue weighted by molar-refractivity contribution is 0.0986. The van der Waals surface area contributed by atoms with Crippen molar-refractivity contribution in [3.05, 3.63) is 33.5 Å². The van der Waals surface area contributed by atoms with E-state index in [1.807, 2.05) is 17.7 Å². The van der Waals surface area contributed by atoms with Crippen LogP contribution in [0.5, 0.6) is 0 Å². The molecule has 2 N–H and O–H groups in total. The number of Topliss-reactive ketones (excluding diaryl/α,β-unsaturated/α-hetero) is 1. The van der Waals surface area contributed by atoms with E-state index < -0.39 is 0 Å². The summed E-state index contributed by atoms with van der Waals surface area (Å²) in [6.07, 6.45) is 1.22. The van der Waals surface area contributed by atoms with Crippen molar-refractivity contribution in [2.24, 2.45) is 5.73 Å². The van der Waals surface area contributed by atoms with Crippen molar-refractivity contribution < 1.29 is 4.79 Å². The van der Waals surface area contributed by atoms with Gasteiger partial charge >= 0.3 is 0 Å². The first-order valence-electron chi connectivity index (χ1n) is 6.41. The summed E-state index contributed by atoms with van der Waals surface area (Å²) in [4.78, 5) is 16.4. The largest absolute Gasteiger partial charge is 0.325 e. The van der Waals surface area contributed by atoms with Gasteiger partial charge in [-0.05, 0) is 19.4 Å². The van der Waals surface area contributed by atoms with E-state index in [0.29, 0.717) is 18.7 Å². The zero-order chi connectivity index (χ0) is 13.8. The van der Waals surface area contributed by atoms with Crippen molar-refractivity contribution in [1.29, 1.82) is 0 Å². The Morgan fingerprint density at radius 2 is 2.26 bits per heavy atom. The third-order valence-corrected chi connectivity index (χ3v) is 3.80. The molecule has 2 rings (SSSR count). The summed E-state index contributed by atoms with van der Waals surface area (Å²) in [5.41, 5.74) is 7.98. The van der Waals surface area contributed by atoms with E-state index in [1.54, 1.807) is 5.38 Å². The molecule has 102 valence electrons. The minimum atomic E-state index is 0.0215. The first-order valence-corrected chi connectivity index (χ1v) is 7.29. The highest BCUT2D eigenvalue weighted by atomic mass is 32.1. The van der Waals surface area contributed by atoms with Gasteiger partial charge in [-0.25, -0.2) is 4.98 Å². The fourth-order valence-electron chi connectivity index (χ4n) is 1.89. The molecule has 0 aliphatic rings. The highest BCUT2D eigenvalue weighted by molar-refractivity contribution is 7.09. The molecule has 6 heteroatoms. The van der Waals surface area contributed by atoms with E-state index in [2.05, 4.69) is 17.0 Å². The van der Waals surface area contributed by atoms with Gasteiger partial charge in [0.15, 0.2) is 5.78 Å². The van der Waals surface area contributed by atoms with Gasteiger partial charge in [0.25, 0.3) is 0 Å². The summed E-state index contributed by atoms with van der Waals surface area (Å²) in [7, 11) is 0. The normalized spacial score (nSPS) is 10.9. The van der Waals surface area contributed by atoms with Crippen molar-refractivity contribution in [1.82, 2.24) is 14.8 Å². The van der Waals surface area contributed by atoms with Crippen LogP contribution in [0.2, 0.25) is 0 Å². The van der Waals surface area contributed by atoms with Gasteiger partial charge in [-0.2, -0.15) is 5.10 Å². The van der Waals surface area contributed by atoms with Crippen LogP contribution in [0.3, 0.4) is 0 Å². The average molecular weight is 278 g/mol. The maximum atomic E-state index is 12.2. The number of nitrogens with two attached hydrogens (primary N) is 1. The van der Waals surface area contributed by atoms with E-state index in [-0.39, 0.29) is 5.78 Å². The number of aryl methyl sites for hydroxylation is 2. The molecule has 0 fully saturated rings. The SMILES string of the molecule is CCc1cc(CC(=O)c2csc(CN)n2)n(CC)n1. The van der Waals surface area contributed by atoms with Crippen molar-refractivity contribution in [2.45, 2.75) is 39.8 Å². The Kier molecular flexibility index (Phi) is 4.44. The molecule has 5 nitrogen and oxygen atoms in total. The average Bonchev–Trinajstić information content (AvgIpc) is 3.04. The zero-order valence-corrected chi connectivity index (χ0v) is 12.0. The van der Waals surface area contributed by atoms with Gasteiger partial charge in [-0.15, -0.1) is 11.3 Å². The minimum absolute atomic E-state index is 0.0215. The van der Waals surface area contributed by atoms with Crippen molar-refractivity contribution in [3.8, 4) is 0 Å². The van der Waals surface area contributed by atoms with Crippen LogP contribution in [0.15, 0.2) is 11.4 Å². The molecule has 2 aromatic heterocycles. The maximum absolute atomic E-state index is 12.2. The fourth-order valence-corrected chi connectivity index (χ4v) is 2.57. The first-order chi connectivity index (χ1) is 9.17. The standard InChI is InChI=1S/C13H18N4OS/c1-3-9-5-10(17(4-2)16-9)6-12(18)11-8-19-13(7-14)15-11/h5,8H,3-4,6-7,14H2,1-2H3. The molecule has 0 atom stereocenters. The summed E-state index contributed by atoms with van der Waals surface area (Å²) >= 11 is 1.43. The molecule has 19 heavy (non-hydrogen) atoms. The van der Waals surface area contributed by atoms with Gasteiger partial charge in [0.05, 0.1) is 12.1 Å². The predicted molar refractivity (Wildman–Crippen MR) is 75.3 cm³/mol. The quantitative estimate of drug-likeness (QED) is 0.818.